The van der Waals surface area contributed by atoms with Crippen molar-refractivity contribution >= 4 is 0 Å². The summed E-state index contributed by atoms with van der Waals surface area (Å²) in [6, 6.07) is 8.24. The first kappa shape index (κ1) is 10.3. The van der Waals surface area contributed by atoms with Crippen molar-refractivity contribution in [3.8, 4) is 0 Å². The Kier molecular flexibility index (Phi) is 3.97. The van der Waals surface area contributed by atoms with Crippen LogP contribution in [0.4, 0.5) is 0 Å². The maximum atomic E-state index is 9.29. The van der Waals surface area contributed by atoms with Crippen LogP contribution in [0.5, 0.6) is 0 Å². The summed E-state index contributed by atoms with van der Waals surface area (Å²) in [4.78, 5) is 0. The van der Waals surface area contributed by atoms with Crippen LogP contribution in [0.1, 0.15) is 43.9 Å². The van der Waals surface area contributed by atoms with E-state index in [1.807, 2.05) is 12.1 Å². The quantitative estimate of drug-likeness (QED) is 0.751. The lowest BCUT2D eigenvalue weighted by atomic mass is 10.0. The Morgan fingerprint density at radius 2 is 1.85 bits per heavy atom. The highest BCUT2D eigenvalue weighted by molar-refractivity contribution is 5.23. The van der Waals surface area contributed by atoms with Gasteiger partial charge in [0.1, 0.15) is 0 Å². The Labute approximate surface area is 80.4 Å². The van der Waals surface area contributed by atoms with Crippen molar-refractivity contribution < 1.29 is 5.11 Å². The molecule has 13 heavy (non-hydrogen) atoms. The number of aliphatic hydroxyl groups excluding tert-OH is 1. The van der Waals surface area contributed by atoms with Crippen LogP contribution < -0.4 is 0 Å². The average molecular weight is 178 g/mol. The molecule has 0 amide bonds. The highest BCUT2D eigenvalue weighted by Gasteiger charge is 1.99. The molecule has 0 saturated heterocycles. The van der Waals surface area contributed by atoms with E-state index in [0.29, 0.717) is 0 Å². The van der Waals surface area contributed by atoms with Crippen LogP contribution in [0.15, 0.2) is 24.3 Å². The molecule has 1 aromatic rings. The zero-order valence-electron chi connectivity index (χ0n) is 8.46. The van der Waals surface area contributed by atoms with Crippen molar-refractivity contribution in [2.45, 2.75) is 39.2 Å². The minimum absolute atomic E-state index is 0.347. The van der Waals surface area contributed by atoms with Crippen LogP contribution in [0.2, 0.25) is 0 Å². The molecule has 1 heteroatoms. The van der Waals surface area contributed by atoms with Gasteiger partial charge in [-0.15, -0.1) is 0 Å². The van der Waals surface area contributed by atoms with Gasteiger partial charge in [0.05, 0.1) is 6.10 Å². The molecular formula is C12H18O. The minimum atomic E-state index is -0.347. The molecule has 0 saturated carbocycles. The molecule has 1 atom stereocenters. The molecule has 0 heterocycles. The van der Waals surface area contributed by atoms with Crippen LogP contribution in [0.3, 0.4) is 0 Å². The molecule has 1 N–H and O–H groups in total. The summed E-state index contributed by atoms with van der Waals surface area (Å²) < 4.78 is 0. The number of rotatable bonds is 4. The maximum absolute atomic E-state index is 9.29. The van der Waals surface area contributed by atoms with Gasteiger partial charge < -0.3 is 5.11 Å². The Hall–Kier alpha value is -0.820. The number of unbranched alkanes of at least 4 members (excludes halogenated alkanes) is 1. The first-order valence-corrected chi connectivity index (χ1v) is 5.01. The fraction of sp³-hybridized carbons (Fsp3) is 0.500. The van der Waals surface area contributed by atoms with E-state index in [1.165, 1.54) is 18.4 Å². The van der Waals surface area contributed by atoms with Crippen molar-refractivity contribution in [1.82, 2.24) is 0 Å². The van der Waals surface area contributed by atoms with Gasteiger partial charge in [0.15, 0.2) is 0 Å². The number of aryl methyl sites for hydroxylation is 1. The molecule has 0 aliphatic carbocycles. The van der Waals surface area contributed by atoms with Crippen LogP contribution in [-0.2, 0) is 6.42 Å². The predicted molar refractivity (Wildman–Crippen MR) is 55.7 cm³/mol. The monoisotopic (exact) mass is 178 g/mol. The van der Waals surface area contributed by atoms with E-state index in [9.17, 15) is 5.11 Å². The van der Waals surface area contributed by atoms with E-state index in [4.69, 9.17) is 0 Å². The van der Waals surface area contributed by atoms with Crippen LogP contribution >= 0.6 is 0 Å². The third-order valence-corrected chi connectivity index (χ3v) is 2.28. The number of hydrogen-bond donors (Lipinski definition) is 1. The Morgan fingerprint density at radius 1 is 1.23 bits per heavy atom. The lowest BCUT2D eigenvalue weighted by Gasteiger charge is -2.05. The van der Waals surface area contributed by atoms with Crippen molar-refractivity contribution in [3.05, 3.63) is 35.4 Å². The summed E-state index contributed by atoms with van der Waals surface area (Å²) in [5.41, 5.74) is 2.37. The maximum Gasteiger partial charge on any atom is 0.0761 e. The van der Waals surface area contributed by atoms with Gasteiger partial charge in [0.25, 0.3) is 0 Å². The Morgan fingerprint density at radius 3 is 2.31 bits per heavy atom. The summed E-state index contributed by atoms with van der Waals surface area (Å²) in [5.74, 6) is 0. The molecule has 0 radical (unpaired) electrons. The van der Waals surface area contributed by atoms with Crippen LogP contribution in [0.25, 0.3) is 0 Å². The third-order valence-electron chi connectivity index (χ3n) is 2.28. The van der Waals surface area contributed by atoms with E-state index in [-0.39, 0.29) is 6.10 Å². The lowest BCUT2D eigenvalue weighted by molar-refractivity contribution is 0.199. The first-order chi connectivity index (χ1) is 6.24. The normalized spacial score (nSPS) is 12.8. The number of benzene rings is 1. The lowest BCUT2D eigenvalue weighted by Crippen LogP contribution is -1.91. The molecule has 0 spiro atoms. The Balaban J connectivity index is 2.59. The van der Waals surface area contributed by atoms with E-state index in [0.717, 1.165) is 12.0 Å². The SMILES string of the molecule is CCCCc1ccc([C@H](C)O)cc1. The zero-order chi connectivity index (χ0) is 9.68. The van der Waals surface area contributed by atoms with Crippen molar-refractivity contribution in [2.75, 3.05) is 0 Å². The largest absolute Gasteiger partial charge is 0.389 e. The minimum Gasteiger partial charge on any atom is -0.389 e. The van der Waals surface area contributed by atoms with Crippen molar-refractivity contribution in [1.29, 1.82) is 0 Å². The molecule has 1 rings (SSSR count). The molecule has 72 valence electrons. The van der Waals surface area contributed by atoms with Gasteiger partial charge in [-0.05, 0) is 30.9 Å². The van der Waals surface area contributed by atoms with Crippen LogP contribution in [0, 0.1) is 0 Å². The van der Waals surface area contributed by atoms with E-state index in [2.05, 4.69) is 19.1 Å². The zero-order valence-corrected chi connectivity index (χ0v) is 8.46. The summed E-state index contributed by atoms with van der Waals surface area (Å²) in [5, 5.41) is 9.29. The standard InChI is InChI=1S/C12H18O/c1-3-4-5-11-6-8-12(9-7-11)10(2)13/h6-10,13H,3-5H2,1-2H3/t10-/m0/s1. The van der Waals surface area contributed by atoms with Crippen LogP contribution in [-0.4, -0.2) is 5.11 Å². The fourth-order valence-electron chi connectivity index (χ4n) is 1.34. The third kappa shape index (κ3) is 3.19. The molecule has 1 aromatic carbocycles. The number of hydrogen-bond acceptors (Lipinski definition) is 1. The summed E-state index contributed by atoms with van der Waals surface area (Å²) in [6.07, 6.45) is 3.28. The molecular weight excluding hydrogens is 160 g/mol. The Bertz CT molecular complexity index is 236. The van der Waals surface area contributed by atoms with E-state index < -0.39 is 0 Å². The molecule has 0 unspecified atom stereocenters. The van der Waals surface area contributed by atoms with Gasteiger partial charge >= 0.3 is 0 Å². The molecule has 0 aliphatic rings. The molecule has 0 aliphatic heterocycles. The highest BCUT2D eigenvalue weighted by atomic mass is 16.3. The van der Waals surface area contributed by atoms with Gasteiger partial charge in [-0.3, -0.25) is 0 Å². The molecule has 0 aromatic heterocycles. The van der Waals surface area contributed by atoms with E-state index >= 15 is 0 Å². The first-order valence-electron chi connectivity index (χ1n) is 5.01. The predicted octanol–water partition coefficient (Wildman–Crippen LogP) is 3.08. The van der Waals surface area contributed by atoms with Crippen molar-refractivity contribution in [2.24, 2.45) is 0 Å². The smallest absolute Gasteiger partial charge is 0.0761 e. The highest BCUT2D eigenvalue weighted by Crippen LogP contribution is 2.13. The summed E-state index contributed by atoms with van der Waals surface area (Å²) in [7, 11) is 0. The summed E-state index contributed by atoms with van der Waals surface area (Å²) >= 11 is 0. The second-order valence-corrected chi connectivity index (χ2v) is 3.52. The second-order valence-electron chi connectivity index (χ2n) is 3.52. The molecule has 0 fully saturated rings. The number of aliphatic hydroxyl groups is 1. The topological polar surface area (TPSA) is 20.2 Å². The summed E-state index contributed by atoms with van der Waals surface area (Å²) in [6.45, 7) is 3.99. The molecule has 0 bridgehead atoms. The van der Waals surface area contributed by atoms with Gasteiger partial charge in [0.2, 0.25) is 0 Å². The second kappa shape index (κ2) is 5.03. The van der Waals surface area contributed by atoms with Crippen molar-refractivity contribution in [3.63, 3.8) is 0 Å². The molecule has 1 nitrogen and oxygen atoms in total. The van der Waals surface area contributed by atoms with Gasteiger partial charge in [-0.2, -0.15) is 0 Å². The fourth-order valence-corrected chi connectivity index (χ4v) is 1.34. The van der Waals surface area contributed by atoms with Gasteiger partial charge in [-0.25, -0.2) is 0 Å². The average Bonchev–Trinajstić information content (AvgIpc) is 2.15. The van der Waals surface area contributed by atoms with Gasteiger partial charge in [-0.1, -0.05) is 37.6 Å². The van der Waals surface area contributed by atoms with Gasteiger partial charge in [0, 0.05) is 0 Å². The van der Waals surface area contributed by atoms with E-state index in [1.54, 1.807) is 6.92 Å².